The second-order valence-electron chi connectivity index (χ2n) is 6.38. The Hall–Kier alpha value is -1.81. The molecule has 25 heavy (non-hydrogen) atoms. The molecule has 3 atom stereocenters. The van der Waals surface area contributed by atoms with Gasteiger partial charge in [0.25, 0.3) is 0 Å². The first-order valence-electron chi connectivity index (χ1n) is 8.78. The quantitative estimate of drug-likeness (QED) is 0.676. The number of benzene rings is 2. The third-order valence-corrected chi connectivity index (χ3v) is 5.59. The molecule has 0 aliphatic carbocycles. The molecule has 0 saturated heterocycles. The highest BCUT2D eigenvalue weighted by atomic mass is 32.2. The van der Waals surface area contributed by atoms with Crippen molar-refractivity contribution in [2.45, 2.75) is 42.7 Å². The number of rotatable bonds is 5. The highest BCUT2D eigenvalue weighted by Gasteiger charge is 2.30. The number of thioether (sulfide) groups is 1. The van der Waals surface area contributed by atoms with Gasteiger partial charge in [0, 0.05) is 11.3 Å². The Balaban J connectivity index is 1.40. The molecule has 2 aromatic carbocycles. The molecule has 2 bridgehead atoms. The van der Waals surface area contributed by atoms with Crippen molar-refractivity contribution in [3.05, 3.63) is 89.4 Å². The lowest BCUT2D eigenvalue weighted by Crippen LogP contribution is -2.35. The highest BCUT2D eigenvalue weighted by molar-refractivity contribution is 8.03. The van der Waals surface area contributed by atoms with Crippen molar-refractivity contribution in [3.63, 3.8) is 0 Å². The van der Waals surface area contributed by atoms with Crippen LogP contribution in [0.25, 0.3) is 0 Å². The third kappa shape index (κ3) is 4.43. The average Bonchev–Trinajstić information content (AvgIpc) is 2.82. The maximum Gasteiger partial charge on any atom is 0.103 e. The maximum absolute atomic E-state index is 6.24. The van der Waals surface area contributed by atoms with Gasteiger partial charge in [0.05, 0.1) is 18.8 Å². The van der Waals surface area contributed by atoms with Gasteiger partial charge in [-0.2, -0.15) is 0 Å². The van der Waals surface area contributed by atoms with E-state index in [-0.39, 0.29) is 18.3 Å². The molecule has 2 heterocycles. The zero-order chi connectivity index (χ0) is 16.9. The number of hydrogen-bond donors (Lipinski definition) is 0. The second-order valence-corrected chi connectivity index (χ2v) is 7.58. The molecule has 2 aliphatic heterocycles. The lowest BCUT2D eigenvalue weighted by molar-refractivity contribution is -0.0825. The summed E-state index contributed by atoms with van der Waals surface area (Å²) in [6.07, 6.45) is 8.80. The van der Waals surface area contributed by atoms with E-state index in [4.69, 9.17) is 9.47 Å². The molecule has 4 rings (SSSR count). The summed E-state index contributed by atoms with van der Waals surface area (Å²) in [4.78, 5) is 2.66. The van der Waals surface area contributed by atoms with Gasteiger partial charge >= 0.3 is 0 Å². The number of fused-ring (bicyclic) bond motifs is 2. The molecular formula is C22H22O2S. The summed E-state index contributed by atoms with van der Waals surface area (Å²) in [6.45, 7) is 0.621. The summed E-state index contributed by atoms with van der Waals surface area (Å²) < 4.78 is 12.4. The van der Waals surface area contributed by atoms with Gasteiger partial charge in [0.15, 0.2) is 0 Å². The van der Waals surface area contributed by atoms with Crippen molar-refractivity contribution in [3.8, 4) is 0 Å². The zero-order valence-electron chi connectivity index (χ0n) is 14.1. The first kappa shape index (κ1) is 16.6. The van der Waals surface area contributed by atoms with Crippen molar-refractivity contribution < 1.29 is 9.47 Å². The minimum atomic E-state index is 0.0220. The normalized spacial score (nSPS) is 25.3. The van der Waals surface area contributed by atoms with E-state index in [9.17, 15) is 0 Å². The van der Waals surface area contributed by atoms with Gasteiger partial charge in [-0.15, -0.1) is 0 Å². The average molecular weight is 350 g/mol. The first-order valence-corrected chi connectivity index (χ1v) is 9.60. The minimum Gasteiger partial charge on any atom is -0.367 e. The van der Waals surface area contributed by atoms with E-state index in [0.29, 0.717) is 6.61 Å². The number of hydrogen-bond acceptors (Lipinski definition) is 3. The minimum absolute atomic E-state index is 0.0220. The molecule has 0 N–H and O–H groups in total. The fourth-order valence-electron chi connectivity index (χ4n) is 3.19. The third-order valence-electron chi connectivity index (χ3n) is 4.49. The van der Waals surface area contributed by atoms with Crippen LogP contribution in [0, 0.1) is 0 Å². The molecule has 0 saturated carbocycles. The van der Waals surface area contributed by atoms with Crippen molar-refractivity contribution >= 4 is 11.8 Å². The van der Waals surface area contributed by atoms with Crippen LogP contribution in [0.2, 0.25) is 0 Å². The smallest absolute Gasteiger partial charge is 0.103 e. The van der Waals surface area contributed by atoms with Crippen molar-refractivity contribution in [2.75, 3.05) is 0 Å². The van der Waals surface area contributed by atoms with Crippen molar-refractivity contribution in [1.29, 1.82) is 0 Å². The Kier molecular flexibility index (Phi) is 5.36. The van der Waals surface area contributed by atoms with Crippen LogP contribution in [0.1, 0.15) is 18.4 Å². The summed E-state index contributed by atoms with van der Waals surface area (Å²) in [5.41, 5.74) is 1.20. The molecule has 0 unspecified atom stereocenters. The lowest BCUT2D eigenvalue weighted by Gasteiger charge is -2.30. The fourth-order valence-corrected chi connectivity index (χ4v) is 4.22. The van der Waals surface area contributed by atoms with Gasteiger partial charge in [-0.25, -0.2) is 0 Å². The standard InChI is InChI=1S/C22H22O2S/c1-3-7-17(8-4-1)16-23-21-13-11-18-15-20(12-14-22(21)24-18)25-19-9-5-2-6-10-19/h1-13,18,21-22H,14-16H2/t18-,21-,22-/m1/s1. The molecule has 0 amide bonds. The van der Waals surface area contributed by atoms with Crippen LogP contribution in [-0.2, 0) is 16.1 Å². The van der Waals surface area contributed by atoms with Crippen molar-refractivity contribution in [1.82, 2.24) is 0 Å². The van der Waals surface area contributed by atoms with E-state index in [0.717, 1.165) is 12.8 Å². The highest BCUT2D eigenvalue weighted by Crippen LogP contribution is 2.35. The lowest BCUT2D eigenvalue weighted by atomic mass is 10.1. The van der Waals surface area contributed by atoms with E-state index in [1.54, 1.807) is 0 Å². The van der Waals surface area contributed by atoms with E-state index in [2.05, 4.69) is 60.7 Å². The van der Waals surface area contributed by atoms with Gasteiger partial charge in [-0.3, -0.25) is 0 Å². The Morgan fingerprint density at radius 2 is 1.72 bits per heavy atom. The van der Waals surface area contributed by atoms with Gasteiger partial charge < -0.3 is 9.47 Å². The Morgan fingerprint density at radius 1 is 0.960 bits per heavy atom. The van der Waals surface area contributed by atoms with Gasteiger partial charge in [0.2, 0.25) is 0 Å². The molecule has 0 radical (unpaired) electrons. The topological polar surface area (TPSA) is 18.5 Å². The molecule has 2 nitrogen and oxygen atoms in total. The molecule has 128 valence electrons. The van der Waals surface area contributed by atoms with E-state index in [1.807, 2.05) is 30.0 Å². The van der Waals surface area contributed by atoms with E-state index >= 15 is 0 Å². The first-order chi connectivity index (χ1) is 12.4. The monoisotopic (exact) mass is 350 g/mol. The summed E-state index contributed by atoms with van der Waals surface area (Å²) >= 11 is 1.84. The van der Waals surface area contributed by atoms with E-state index in [1.165, 1.54) is 15.4 Å². The fraction of sp³-hybridized carbons (Fsp3) is 0.273. The zero-order valence-corrected chi connectivity index (χ0v) is 14.9. The molecule has 0 spiro atoms. The van der Waals surface area contributed by atoms with Crippen LogP contribution in [0.3, 0.4) is 0 Å². The van der Waals surface area contributed by atoms with Crippen LogP contribution in [-0.4, -0.2) is 18.3 Å². The molecule has 3 heteroatoms. The van der Waals surface area contributed by atoms with Crippen LogP contribution in [0.4, 0.5) is 0 Å². The summed E-state index contributed by atoms with van der Waals surface area (Å²) in [5, 5.41) is 0. The van der Waals surface area contributed by atoms with Gasteiger partial charge in [0.1, 0.15) is 6.10 Å². The molecule has 2 aliphatic rings. The molecular weight excluding hydrogens is 328 g/mol. The molecule has 0 fully saturated rings. The van der Waals surface area contributed by atoms with Crippen LogP contribution < -0.4 is 0 Å². The summed E-state index contributed by atoms with van der Waals surface area (Å²) in [7, 11) is 0. The van der Waals surface area contributed by atoms with Gasteiger partial charge in [-0.05, 0) is 29.0 Å². The Labute approximate surface area is 153 Å². The van der Waals surface area contributed by atoms with E-state index < -0.39 is 0 Å². The number of ether oxygens (including phenoxy) is 2. The molecule has 2 aromatic rings. The van der Waals surface area contributed by atoms with Gasteiger partial charge in [-0.1, -0.05) is 78.5 Å². The second kappa shape index (κ2) is 8.05. The Morgan fingerprint density at radius 3 is 2.52 bits per heavy atom. The predicted octanol–water partition coefficient (Wildman–Crippen LogP) is 5.37. The van der Waals surface area contributed by atoms with Crippen LogP contribution >= 0.6 is 11.8 Å². The van der Waals surface area contributed by atoms with Crippen LogP contribution in [0.5, 0.6) is 0 Å². The summed E-state index contributed by atoms with van der Waals surface area (Å²) in [5.74, 6) is 0. The SMILES string of the molecule is C1=C[C@@H](OCc2ccccc2)[C@H]2CC=C(Sc3ccccc3)C[C@@H]1O2. The van der Waals surface area contributed by atoms with Crippen LogP contribution in [0.15, 0.2) is 88.7 Å². The maximum atomic E-state index is 6.24. The predicted molar refractivity (Wildman–Crippen MR) is 102 cm³/mol. The molecule has 0 aromatic heterocycles. The summed E-state index contributed by atoms with van der Waals surface area (Å²) in [6, 6.07) is 20.8. The Bertz CT molecular complexity index is 739. The largest absolute Gasteiger partial charge is 0.367 e. The van der Waals surface area contributed by atoms with Crippen molar-refractivity contribution in [2.24, 2.45) is 0 Å².